The van der Waals surface area contributed by atoms with E-state index < -0.39 is 29.1 Å². The molecule has 0 unspecified atom stereocenters. The van der Waals surface area contributed by atoms with Gasteiger partial charge in [0, 0.05) is 0 Å². The van der Waals surface area contributed by atoms with Crippen LogP contribution in [0.15, 0.2) is 18.2 Å². The quantitative estimate of drug-likeness (QED) is 0.613. The van der Waals surface area contributed by atoms with E-state index in [9.17, 15) is 22.4 Å². The first-order chi connectivity index (χ1) is 8.71. The van der Waals surface area contributed by atoms with Gasteiger partial charge in [-0.2, -0.15) is 13.2 Å². The Bertz CT molecular complexity index is 452. The van der Waals surface area contributed by atoms with Crippen molar-refractivity contribution in [3.05, 3.63) is 35.1 Å². The topological polar surface area (TPSA) is 26.3 Å². The van der Waals surface area contributed by atoms with Crippen LogP contribution in [0, 0.1) is 11.7 Å². The average molecular weight is 278 g/mol. The van der Waals surface area contributed by atoms with Crippen molar-refractivity contribution >= 4 is 5.97 Å². The molecule has 0 N–H and O–H groups in total. The lowest BCUT2D eigenvalue weighted by Crippen LogP contribution is -2.16. The van der Waals surface area contributed by atoms with E-state index >= 15 is 0 Å². The van der Waals surface area contributed by atoms with Gasteiger partial charge in [-0.1, -0.05) is 13.8 Å². The van der Waals surface area contributed by atoms with Gasteiger partial charge in [0.1, 0.15) is 5.82 Å². The number of hydrogen-bond acceptors (Lipinski definition) is 2. The minimum atomic E-state index is -4.80. The number of alkyl halides is 3. The average Bonchev–Trinajstić information content (AvgIpc) is 2.27. The molecule has 0 bridgehead atoms. The number of hydrogen-bond donors (Lipinski definition) is 0. The van der Waals surface area contributed by atoms with E-state index in [0.717, 1.165) is 12.1 Å². The summed E-state index contributed by atoms with van der Waals surface area (Å²) < 4.78 is 55.6. The van der Waals surface area contributed by atoms with E-state index in [1.807, 2.05) is 13.8 Å². The SMILES string of the molecule is CC(C)CCOC(=O)c1ccc(F)cc1C(F)(F)F. The van der Waals surface area contributed by atoms with Crippen molar-refractivity contribution in [3.8, 4) is 0 Å². The van der Waals surface area contributed by atoms with Gasteiger partial charge >= 0.3 is 12.1 Å². The Kier molecular flexibility index (Phi) is 4.91. The van der Waals surface area contributed by atoms with Crippen molar-refractivity contribution < 1.29 is 27.1 Å². The third-order valence-electron chi connectivity index (χ3n) is 2.44. The molecule has 1 aromatic carbocycles. The van der Waals surface area contributed by atoms with Crippen LogP contribution in [0.2, 0.25) is 0 Å². The first-order valence-corrected chi connectivity index (χ1v) is 5.75. The van der Waals surface area contributed by atoms with Gasteiger partial charge in [0.05, 0.1) is 17.7 Å². The smallest absolute Gasteiger partial charge is 0.417 e. The summed E-state index contributed by atoms with van der Waals surface area (Å²) in [6.07, 6.45) is -4.25. The second-order valence-electron chi connectivity index (χ2n) is 4.51. The summed E-state index contributed by atoms with van der Waals surface area (Å²) in [7, 11) is 0. The van der Waals surface area contributed by atoms with E-state index in [-0.39, 0.29) is 12.5 Å². The number of esters is 1. The van der Waals surface area contributed by atoms with Crippen LogP contribution in [0.5, 0.6) is 0 Å². The van der Waals surface area contributed by atoms with Crippen LogP contribution in [0.4, 0.5) is 17.6 Å². The van der Waals surface area contributed by atoms with Crippen LogP contribution < -0.4 is 0 Å². The van der Waals surface area contributed by atoms with Crippen molar-refractivity contribution in [2.24, 2.45) is 5.92 Å². The minimum Gasteiger partial charge on any atom is -0.462 e. The molecule has 0 heterocycles. The predicted molar refractivity (Wildman–Crippen MR) is 61.1 cm³/mol. The number of carbonyl (C=O) groups is 1. The summed E-state index contributed by atoms with van der Waals surface area (Å²) in [6, 6.07) is 1.88. The fourth-order valence-electron chi connectivity index (χ4n) is 1.39. The lowest BCUT2D eigenvalue weighted by atomic mass is 10.1. The van der Waals surface area contributed by atoms with Gasteiger partial charge in [0.2, 0.25) is 0 Å². The summed E-state index contributed by atoms with van der Waals surface area (Å²) in [5.74, 6) is -1.87. The maximum atomic E-state index is 12.8. The number of benzene rings is 1. The lowest BCUT2D eigenvalue weighted by molar-refractivity contribution is -0.138. The molecular formula is C13H14F4O2. The molecule has 0 aliphatic heterocycles. The Labute approximate surface area is 108 Å². The third kappa shape index (κ3) is 4.54. The Morgan fingerprint density at radius 2 is 1.95 bits per heavy atom. The molecule has 0 aliphatic rings. The molecular weight excluding hydrogens is 264 g/mol. The van der Waals surface area contributed by atoms with Crippen molar-refractivity contribution in [3.63, 3.8) is 0 Å². The molecule has 1 aromatic rings. The molecule has 19 heavy (non-hydrogen) atoms. The van der Waals surface area contributed by atoms with Crippen molar-refractivity contribution in [2.75, 3.05) is 6.61 Å². The van der Waals surface area contributed by atoms with Gasteiger partial charge in [-0.15, -0.1) is 0 Å². The van der Waals surface area contributed by atoms with Crippen LogP contribution >= 0.6 is 0 Å². The Morgan fingerprint density at radius 3 is 2.47 bits per heavy atom. The van der Waals surface area contributed by atoms with Gasteiger partial charge in [-0.25, -0.2) is 9.18 Å². The molecule has 0 spiro atoms. The van der Waals surface area contributed by atoms with Crippen LogP contribution in [0.3, 0.4) is 0 Å². The van der Waals surface area contributed by atoms with Crippen molar-refractivity contribution in [1.29, 1.82) is 0 Å². The lowest BCUT2D eigenvalue weighted by Gasteiger charge is -2.13. The van der Waals surface area contributed by atoms with Gasteiger partial charge in [0.15, 0.2) is 0 Å². The molecule has 0 saturated carbocycles. The first kappa shape index (κ1) is 15.5. The molecule has 0 fully saturated rings. The van der Waals surface area contributed by atoms with Gasteiger partial charge in [-0.05, 0) is 30.5 Å². The van der Waals surface area contributed by atoms with Gasteiger partial charge < -0.3 is 4.74 Å². The molecule has 0 radical (unpaired) electrons. The van der Waals surface area contributed by atoms with E-state index in [1.54, 1.807) is 0 Å². The highest BCUT2D eigenvalue weighted by Crippen LogP contribution is 2.32. The van der Waals surface area contributed by atoms with E-state index in [4.69, 9.17) is 4.74 Å². The second kappa shape index (κ2) is 6.04. The fourth-order valence-corrected chi connectivity index (χ4v) is 1.39. The zero-order valence-corrected chi connectivity index (χ0v) is 10.6. The monoisotopic (exact) mass is 278 g/mol. The molecule has 2 nitrogen and oxygen atoms in total. The highest BCUT2D eigenvalue weighted by molar-refractivity contribution is 5.91. The zero-order valence-electron chi connectivity index (χ0n) is 10.6. The van der Waals surface area contributed by atoms with E-state index in [2.05, 4.69) is 0 Å². The zero-order chi connectivity index (χ0) is 14.6. The maximum Gasteiger partial charge on any atom is 0.417 e. The Morgan fingerprint density at radius 1 is 1.32 bits per heavy atom. The summed E-state index contributed by atoms with van der Waals surface area (Å²) in [5, 5.41) is 0. The molecule has 6 heteroatoms. The van der Waals surface area contributed by atoms with Gasteiger partial charge in [0.25, 0.3) is 0 Å². The van der Waals surface area contributed by atoms with Crippen molar-refractivity contribution in [2.45, 2.75) is 26.4 Å². The largest absolute Gasteiger partial charge is 0.462 e. The fraction of sp³-hybridized carbons (Fsp3) is 0.462. The number of rotatable bonds is 4. The highest BCUT2D eigenvalue weighted by Gasteiger charge is 2.36. The van der Waals surface area contributed by atoms with Crippen LogP contribution in [0.25, 0.3) is 0 Å². The van der Waals surface area contributed by atoms with Crippen LogP contribution in [-0.2, 0) is 10.9 Å². The van der Waals surface area contributed by atoms with Gasteiger partial charge in [-0.3, -0.25) is 0 Å². The van der Waals surface area contributed by atoms with Crippen LogP contribution in [-0.4, -0.2) is 12.6 Å². The third-order valence-corrected chi connectivity index (χ3v) is 2.44. The standard InChI is InChI=1S/C13H14F4O2/c1-8(2)5-6-19-12(18)10-4-3-9(14)7-11(10)13(15,16)17/h3-4,7-8H,5-6H2,1-2H3. The van der Waals surface area contributed by atoms with E-state index in [0.29, 0.717) is 12.5 Å². The summed E-state index contributed by atoms with van der Waals surface area (Å²) in [4.78, 5) is 11.6. The number of ether oxygens (including phenoxy) is 1. The van der Waals surface area contributed by atoms with Crippen molar-refractivity contribution in [1.82, 2.24) is 0 Å². The van der Waals surface area contributed by atoms with Crippen LogP contribution in [0.1, 0.15) is 36.2 Å². The molecule has 1 rings (SSSR count). The highest BCUT2D eigenvalue weighted by atomic mass is 19.4. The molecule has 0 aromatic heterocycles. The summed E-state index contributed by atoms with van der Waals surface area (Å²) >= 11 is 0. The molecule has 0 amide bonds. The maximum absolute atomic E-state index is 12.8. The second-order valence-corrected chi connectivity index (χ2v) is 4.51. The predicted octanol–water partition coefficient (Wildman–Crippen LogP) is 4.05. The molecule has 0 aliphatic carbocycles. The molecule has 106 valence electrons. The first-order valence-electron chi connectivity index (χ1n) is 5.75. The minimum absolute atomic E-state index is 0.0329. The molecule has 0 atom stereocenters. The van der Waals surface area contributed by atoms with E-state index in [1.165, 1.54) is 0 Å². The normalized spacial score (nSPS) is 11.7. The summed E-state index contributed by atoms with van der Waals surface area (Å²) in [6.45, 7) is 3.82. The summed E-state index contributed by atoms with van der Waals surface area (Å²) in [5.41, 5.74) is -1.99. The molecule has 0 saturated heterocycles. The number of carbonyl (C=O) groups excluding carboxylic acids is 1. The number of halogens is 4. The Balaban J connectivity index is 2.91. The Hall–Kier alpha value is -1.59.